The van der Waals surface area contributed by atoms with E-state index in [1.54, 1.807) is 18.5 Å². The van der Waals surface area contributed by atoms with Crippen molar-refractivity contribution in [1.82, 2.24) is 15.2 Å². The molecular formula is C18H18FN3O3S. The van der Waals surface area contributed by atoms with Gasteiger partial charge in [0.1, 0.15) is 10.9 Å². The molecule has 0 saturated heterocycles. The number of nitrogens with zero attached hydrogens (tertiary/aromatic N) is 1. The van der Waals surface area contributed by atoms with Gasteiger partial charge in [0.2, 0.25) is 0 Å². The Bertz CT molecular complexity index is 1010. The summed E-state index contributed by atoms with van der Waals surface area (Å²) in [5.41, 5.74) is 0.490. The molecule has 26 heavy (non-hydrogen) atoms. The van der Waals surface area contributed by atoms with Crippen molar-refractivity contribution < 1.29 is 13.9 Å². The quantitative estimate of drug-likeness (QED) is 0.671. The molecule has 2 atom stereocenters. The Morgan fingerprint density at radius 3 is 3.15 bits per heavy atom. The molecule has 0 bridgehead atoms. The molecule has 4 rings (SSSR count). The van der Waals surface area contributed by atoms with Crippen molar-refractivity contribution in [3.05, 3.63) is 52.7 Å². The van der Waals surface area contributed by atoms with Gasteiger partial charge in [-0.1, -0.05) is 6.08 Å². The van der Waals surface area contributed by atoms with Gasteiger partial charge in [-0.3, -0.25) is 9.89 Å². The Hall–Kier alpha value is -2.29. The van der Waals surface area contributed by atoms with Crippen LogP contribution in [0.1, 0.15) is 18.2 Å². The van der Waals surface area contributed by atoms with Crippen LogP contribution in [0, 0.1) is 0 Å². The highest BCUT2D eigenvalue weighted by molar-refractivity contribution is 7.22. The molecule has 0 spiro atoms. The summed E-state index contributed by atoms with van der Waals surface area (Å²) in [7, 11) is 0. The number of fused-ring (bicyclic) bond motifs is 3. The lowest BCUT2D eigenvalue weighted by molar-refractivity contribution is -0.149. The maximum Gasteiger partial charge on any atom is 0.266 e. The number of pyridine rings is 1. The Morgan fingerprint density at radius 1 is 1.62 bits per heavy atom. The van der Waals surface area contributed by atoms with E-state index >= 15 is 0 Å². The Morgan fingerprint density at radius 2 is 2.46 bits per heavy atom. The second-order valence-corrected chi connectivity index (χ2v) is 7.30. The SMILES string of the molecule is C=CCO[C@]1([C@@H](C)F)COCc2c1[nH]c(=O)c1sc(-c3cn[nH]c3)cc21. The highest BCUT2D eigenvalue weighted by atomic mass is 32.1. The van der Waals surface area contributed by atoms with Crippen molar-refractivity contribution in [1.29, 1.82) is 0 Å². The van der Waals surface area contributed by atoms with Crippen LogP contribution in [0.2, 0.25) is 0 Å². The predicted molar refractivity (Wildman–Crippen MR) is 98.1 cm³/mol. The minimum absolute atomic E-state index is 0.0334. The smallest absolute Gasteiger partial charge is 0.266 e. The number of rotatable bonds is 5. The summed E-state index contributed by atoms with van der Waals surface area (Å²) in [4.78, 5) is 16.5. The first-order chi connectivity index (χ1) is 12.6. The zero-order valence-corrected chi connectivity index (χ0v) is 15.0. The lowest BCUT2D eigenvalue weighted by atomic mass is 9.88. The van der Waals surface area contributed by atoms with Crippen LogP contribution in [0.4, 0.5) is 4.39 Å². The molecule has 6 nitrogen and oxygen atoms in total. The molecule has 0 aromatic carbocycles. The maximum absolute atomic E-state index is 14.6. The normalized spacial score (nSPS) is 20.8. The molecule has 136 valence electrons. The van der Waals surface area contributed by atoms with Gasteiger partial charge in [-0.05, 0) is 13.0 Å². The largest absolute Gasteiger partial charge is 0.373 e. The summed E-state index contributed by atoms with van der Waals surface area (Å²) in [6.07, 6.45) is 3.64. The van der Waals surface area contributed by atoms with E-state index in [4.69, 9.17) is 9.47 Å². The molecule has 0 saturated carbocycles. The van der Waals surface area contributed by atoms with Crippen molar-refractivity contribution in [2.24, 2.45) is 0 Å². The summed E-state index contributed by atoms with van der Waals surface area (Å²) in [6.45, 7) is 5.51. The predicted octanol–water partition coefficient (Wildman–Crippen LogP) is 3.27. The number of aromatic nitrogens is 3. The lowest BCUT2D eigenvalue weighted by Gasteiger charge is -2.39. The third-order valence-corrected chi connectivity index (χ3v) is 5.86. The van der Waals surface area contributed by atoms with Gasteiger partial charge in [-0.15, -0.1) is 17.9 Å². The molecule has 4 heterocycles. The van der Waals surface area contributed by atoms with Gasteiger partial charge in [-0.2, -0.15) is 5.10 Å². The highest BCUT2D eigenvalue weighted by Crippen LogP contribution is 2.41. The van der Waals surface area contributed by atoms with Crippen LogP contribution >= 0.6 is 11.3 Å². The third kappa shape index (κ3) is 2.53. The minimum atomic E-state index is -1.37. The number of hydrogen-bond acceptors (Lipinski definition) is 5. The number of alkyl halides is 1. The van der Waals surface area contributed by atoms with Crippen LogP contribution in [-0.4, -0.2) is 34.6 Å². The maximum atomic E-state index is 14.6. The number of aromatic amines is 2. The minimum Gasteiger partial charge on any atom is -0.373 e. The van der Waals surface area contributed by atoms with E-state index < -0.39 is 11.8 Å². The van der Waals surface area contributed by atoms with Crippen LogP contribution in [-0.2, 0) is 21.7 Å². The molecule has 0 radical (unpaired) electrons. The molecule has 3 aromatic rings. The molecule has 0 amide bonds. The number of hydrogen-bond donors (Lipinski definition) is 2. The Balaban J connectivity index is 1.95. The summed E-state index contributed by atoms with van der Waals surface area (Å²) in [5, 5.41) is 7.48. The fraction of sp³-hybridized carbons (Fsp3) is 0.333. The van der Waals surface area contributed by atoms with Crippen LogP contribution in [0.15, 0.2) is 35.9 Å². The van der Waals surface area contributed by atoms with Crippen LogP contribution < -0.4 is 5.56 Å². The first-order valence-corrected chi connectivity index (χ1v) is 9.03. The number of nitrogens with one attached hydrogen (secondary N) is 2. The highest BCUT2D eigenvalue weighted by Gasteiger charge is 2.46. The van der Waals surface area contributed by atoms with Gasteiger partial charge < -0.3 is 14.5 Å². The zero-order chi connectivity index (χ0) is 18.3. The second-order valence-electron chi connectivity index (χ2n) is 6.25. The zero-order valence-electron chi connectivity index (χ0n) is 14.2. The average molecular weight is 375 g/mol. The van der Waals surface area contributed by atoms with Crippen molar-refractivity contribution >= 4 is 21.4 Å². The van der Waals surface area contributed by atoms with E-state index in [0.29, 0.717) is 10.4 Å². The average Bonchev–Trinajstić information content (AvgIpc) is 3.29. The fourth-order valence-corrected chi connectivity index (χ4v) is 4.39. The van der Waals surface area contributed by atoms with Gasteiger partial charge in [0.05, 0.1) is 31.7 Å². The van der Waals surface area contributed by atoms with E-state index in [1.165, 1.54) is 18.3 Å². The van der Waals surface area contributed by atoms with Crippen LogP contribution in [0.3, 0.4) is 0 Å². The van der Waals surface area contributed by atoms with E-state index in [-0.39, 0.29) is 25.4 Å². The molecule has 0 fully saturated rings. The number of ether oxygens (including phenoxy) is 2. The number of halogens is 1. The summed E-state index contributed by atoms with van der Waals surface area (Å²) >= 11 is 1.37. The monoisotopic (exact) mass is 375 g/mol. The van der Waals surface area contributed by atoms with E-state index in [0.717, 1.165) is 21.4 Å². The first-order valence-electron chi connectivity index (χ1n) is 8.22. The first kappa shape index (κ1) is 17.1. The summed E-state index contributed by atoms with van der Waals surface area (Å²) in [5.74, 6) is 0. The molecule has 0 aliphatic carbocycles. The molecular weight excluding hydrogens is 357 g/mol. The molecule has 3 aromatic heterocycles. The van der Waals surface area contributed by atoms with Gasteiger partial charge in [0.25, 0.3) is 5.56 Å². The molecule has 8 heteroatoms. The van der Waals surface area contributed by atoms with E-state index in [2.05, 4.69) is 21.8 Å². The van der Waals surface area contributed by atoms with Crippen LogP contribution in [0.25, 0.3) is 20.5 Å². The van der Waals surface area contributed by atoms with E-state index in [9.17, 15) is 9.18 Å². The molecule has 2 N–H and O–H groups in total. The van der Waals surface area contributed by atoms with Gasteiger partial charge in [-0.25, -0.2) is 4.39 Å². The van der Waals surface area contributed by atoms with Crippen molar-refractivity contribution in [2.45, 2.75) is 25.3 Å². The molecule has 0 unspecified atom stereocenters. The second kappa shape index (κ2) is 6.46. The summed E-state index contributed by atoms with van der Waals surface area (Å²) in [6, 6.07) is 1.93. The molecule has 1 aliphatic heterocycles. The Labute approximate surface area is 152 Å². The van der Waals surface area contributed by atoms with Crippen molar-refractivity contribution in [3.63, 3.8) is 0 Å². The van der Waals surface area contributed by atoms with Crippen molar-refractivity contribution in [2.75, 3.05) is 13.2 Å². The van der Waals surface area contributed by atoms with Crippen molar-refractivity contribution in [3.8, 4) is 10.4 Å². The topological polar surface area (TPSA) is 80.0 Å². The standard InChI is InChI=1S/C18H18FN3O3S/c1-3-4-25-18(10(2)19)9-24-8-13-12-5-14(11-6-20-21-7-11)26-15(12)17(23)22-16(13)18/h3,5-7,10H,1,4,8-9H2,2H3,(H,20,21)(H,22,23)/t10-,18+/m1/s1. The van der Waals surface area contributed by atoms with Gasteiger partial charge in [0.15, 0.2) is 5.60 Å². The molecule has 1 aliphatic rings. The Kier molecular flexibility index (Phi) is 4.26. The lowest BCUT2D eigenvalue weighted by Crippen LogP contribution is -2.47. The fourth-order valence-electron chi connectivity index (χ4n) is 3.33. The van der Waals surface area contributed by atoms with Gasteiger partial charge in [0, 0.05) is 27.6 Å². The third-order valence-electron chi connectivity index (χ3n) is 4.67. The number of H-pyrrole nitrogens is 2. The number of thiophene rings is 1. The van der Waals surface area contributed by atoms with Gasteiger partial charge >= 0.3 is 0 Å². The van der Waals surface area contributed by atoms with E-state index in [1.807, 2.05) is 6.07 Å². The summed E-state index contributed by atoms with van der Waals surface area (Å²) < 4.78 is 26.7. The van der Waals surface area contributed by atoms with Crippen LogP contribution in [0.5, 0.6) is 0 Å².